The number of aromatic nitrogens is 1. The first-order chi connectivity index (χ1) is 15.0. The molecule has 0 spiro atoms. The van der Waals surface area contributed by atoms with Gasteiger partial charge in [0.1, 0.15) is 0 Å². The smallest absolute Gasteiger partial charge is 0.255 e. The van der Waals surface area contributed by atoms with Crippen molar-refractivity contribution in [1.29, 1.82) is 0 Å². The number of amides is 1. The first-order valence-electron chi connectivity index (χ1n) is 10.7. The van der Waals surface area contributed by atoms with Gasteiger partial charge in [-0.3, -0.25) is 9.78 Å². The summed E-state index contributed by atoms with van der Waals surface area (Å²) in [6.45, 7) is 1.76. The Kier molecular flexibility index (Phi) is 6.16. The van der Waals surface area contributed by atoms with E-state index in [0.717, 1.165) is 16.7 Å². The van der Waals surface area contributed by atoms with Crippen molar-refractivity contribution < 1.29 is 15.0 Å². The van der Waals surface area contributed by atoms with Gasteiger partial charge in [0, 0.05) is 30.4 Å². The molecule has 2 N–H and O–H groups in total. The third-order valence-electron chi connectivity index (χ3n) is 6.13. The van der Waals surface area contributed by atoms with E-state index >= 15 is 0 Å². The van der Waals surface area contributed by atoms with Gasteiger partial charge in [-0.25, -0.2) is 0 Å². The van der Waals surface area contributed by atoms with Gasteiger partial charge in [-0.1, -0.05) is 48.5 Å². The van der Waals surface area contributed by atoms with E-state index < -0.39 is 11.6 Å². The van der Waals surface area contributed by atoms with Crippen LogP contribution in [0, 0.1) is 0 Å². The minimum atomic E-state index is -0.963. The van der Waals surface area contributed by atoms with Crippen LogP contribution in [0.2, 0.25) is 0 Å². The normalized spacial score (nSPS) is 23.5. The Bertz CT molecular complexity index is 1030. The van der Waals surface area contributed by atoms with Crippen molar-refractivity contribution in [2.45, 2.75) is 43.9 Å². The van der Waals surface area contributed by atoms with Gasteiger partial charge in [-0.15, -0.1) is 0 Å². The van der Waals surface area contributed by atoms with Crippen LogP contribution in [0.5, 0.6) is 0 Å². The molecular formula is C26H28N2O3. The summed E-state index contributed by atoms with van der Waals surface area (Å²) in [6, 6.07) is 20.5. The quantitative estimate of drug-likeness (QED) is 0.665. The molecule has 2 heterocycles. The summed E-state index contributed by atoms with van der Waals surface area (Å²) in [4.78, 5) is 19.5. The number of aliphatic hydroxyl groups is 2. The summed E-state index contributed by atoms with van der Waals surface area (Å²) in [5, 5.41) is 21.5. The lowest BCUT2D eigenvalue weighted by atomic mass is 9.78. The lowest BCUT2D eigenvalue weighted by molar-refractivity contribution is -0.0689. The van der Waals surface area contributed by atoms with Crippen LogP contribution in [0.4, 0.5) is 0 Å². The largest absolute Gasteiger partial charge is 0.394 e. The van der Waals surface area contributed by atoms with Gasteiger partial charge in [0.2, 0.25) is 0 Å². The molecule has 5 heteroatoms. The summed E-state index contributed by atoms with van der Waals surface area (Å²) in [7, 11) is 0. The monoisotopic (exact) mass is 416 g/mol. The zero-order valence-electron chi connectivity index (χ0n) is 17.7. The standard InChI is InChI=1S/C26H28N2O3/c1-19-15-26(31,16-20-7-3-2-4-8-20)17-22(18-29)28(19)25(30)24-10-6-5-9-23(24)21-11-13-27-14-12-21/h2-14,19,22,29,31H,15-18H2,1H3. The van der Waals surface area contributed by atoms with Crippen LogP contribution < -0.4 is 0 Å². The Labute approximate surface area is 183 Å². The highest BCUT2D eigenvalue weighted by Crippen LogP contribution is 2.36. The lowest BCUT2D eigenvalue weighted by Gasteiger charge is -2.47. The summed E-state index contributed by atoms with van der Waals surface area (Å²) in [5.74, 6) is -0.124. The number of pyridine rings is 1. The zero-order valence-corrected chi connectivity index (χ0v) is 17.7. The molecule has 1 saturated heterocycles. The molecule has 0 saturated carbocycles. The number of hydrogen-bond donors (Lipinski definition) is 2. The Morgan fingerprint density at radius 2 is 1.71 bits per heavy atom. The van der Waals surface area contributed by atoms with Crippen LogP contribution in [-0.4, -0.2) is 50.3 Å². The van der Waals surface area contributed by atoms with Crippen molar-refractivity contribution in [3.63, 3.8) is 0 Å². The number of piperidine rings is 1. The Hall–Kier alpha value is -3.02. The molecule has 5 nitrogen and oxygen atoms in total. The number of benzene rings is 2. The first-order valence-corrected chi connectivity index (χ1v) is 10.7. The Balaban J connectivity index is 1.61. The number of rotatable bonds is 5. The van der Waals surface area contributed by atoms with Crippen LogP contribution in [0.1, 0.15) is 35.7 Å². The SMILES string of the molecule is CC1CC(O)(Cc2ccccc2)CC(CO)N1C(=O)c1ccccc1-c1ccncc1. The molecule has 1 aliphatic rings. The predicted molar refractivity (Wildman–Crippen MR) is 121 cm³/mol. The van der Waals surface area contributed by atoms with Crippen LogP contribution in [0.25, 0.3) is 11.1 Å². The summed E-state index contributed by atoms with van der Waals surface area (Å²) < 4.78 is 0. The van der Waals surface area contributed by atoms with Crippen molar-refractivity contribution in [2.24, 2.45) is 0 Å². The predicted octanol–water partition coefficient (Wildman–Crippen LogP) is 3.71. The second-order valence-corrected chi connectivity index (χ2v) is 8.47. The van der Waals surface area contributed by atoms with Gasteiger partial charge < -0.3 is 15.1 Å². The van der Waals surface area contributed by atoms with Crippen molar-refractivity contribution in [3.05, 3.63) is 90.3 Å². The van der Waals surface area contributed by atoms with Gasteiger partial charge in [0.25, 0.3) is 5.91 Å². The van der Waals surface area contributed by atoms with Gasteiger partial charge >= 0.3 is 0 Å². The van der Waals surface area contributed by atoms with E-state index in [9.17, 15) is 15.0 Å². The van der Waals surface area contributed by atoms with E-state index in [1.807, 2.05) is 73.7 Å². The van der Waals surface area contributed by atoms with E-state index in [-0.39, 0.29) is 18.6 Å². The maximum Gasteiger partial charge on any atom is 0.255 e. The highest BCUT2D eigenvalue weighted by molar-refractivity contribution is 6.01. The third-order valence-corrected chi connectivity index (χ3v) is 6.13. The topological polar surface area (TPSA) is 73.7 Å². The number of likely N-dealkylation sites (tertiary alicyclic amines) is 1. The molecule has 3 unspecified atom stereocenters. The molecule has 31 heavy (non-hydrogen) atoms. The fourth-order valence-corrected chi connectivity index (χ4v) is 4.86. The van der Waals surface area contributed by atoms with E-state index in [4.69, 9.17) is 0 Å². The molecule has 160 valence electrons. The number of aliphatic hydroxyl groups excluding tert-OH is 1. The second-order valence-electron chi connectivity index (χ2n) is 8.47. The molecule has 0 bridgehead atoms. The van der Waals surface area contributed by atoms with E-state index in [1.54, 1.807) is 17.3 Å². The molecule has 1 aliphatic heterocycles. The second kappa shape index (κ2) is 9.00. The molecule has 0 aliphatic carbocycles. The Morgan fingerprint density at radius 1 is 1.03 bits per heavy atom. The molecule has 1 fully saturated rings. The molecular weight excluding hydrogens is 388 g/mol. The van der Waals surface area contributed by atoms with Gasteiger partial charge in [-0.2, -0.15) is 0 Å². The van der Waals surface area contributed by atoms with Crippen molar-refractivity contribution in [2.75, 3.05) is 6.61 Å². The summed E-state index contributed by atoms with van der Waals surface area (Å²) in [6.07, 6.45) is 4.72. The van der Waals surface area contributed by atoms with Gasteiger partial charge in [-0.05, 0) is 54.7 Å². The molecule has 1 amide bonds. The average Bonchev–Trinajstić information content (AvgIpc) is 2.79. The maximum atomic E-state index is 13.7. The van der Waals surface area contributed by atoms with Crippen LogP contribution in [0.3, 0.4) is 0 Å². The third kappa shape index (κ3) is 4.53. The molecule has 0 radical (unpaired) electrons. The fourth-order valence-electron chi connectivity index (χ4n) is 4.86. The molecule has 3 aromatic rings. The highest BCUT2D eigenvalue weighted by atomic mass is 16.3. The van der Waals surface area contributed by atoms with E-state index in [1.165, 1.54) is 0 Å². The average molecular weight is 417 g/mol. The van der Waals surface area contributed by atoms with E-state index in [2.05, 4.69) is 4.98 Å². The van der Waals surface area contributed by atoms with Crippen LogP contribution in [-0.2, 0) is 6.42 Å². The number of nitrogens with zero attached hydrogens (tertiary/aromatic N) is 2. The Morgan fingerprint density at radius 3 is 2.42 bits per heavy atom. The van der Waals surface area contributed by atoms with Crippen LogP contribution >= 0.6 is 0 Å². The molecule has 3 atom stereocenters. The van der Waals surface area contributed by atoms with Crippen molar-refractivity contribution in [3.8, 4) is 11.1 Å². The lowest BCUT2D eigenvalue weighted by Crippen LogP contribution is -2.58. The number of carbonyl (C=O) groups excluding carboxylic acids is 1. The first kappa shape index (κ1) is 21.2. The van der Waals surface area contributed by atoms with Gasteiger partial charge in [0.15, 0.2) is 0 Å². The van der Waals surface area contributed by atoms with Crippen LogP contribution in [0.15, 0.2) is 79.1 Å². The molecule has 2 aromatic carbocycles. The minimum Gasteiger partial charge on any atom is -0.394 e. The summed E-state index contributed by atoms with van der Waals surface area (Å²) >= 11 is 0. The number of carbonyl (C=O) groups is 1. The molecule has 1 aromatic heterocycles. The van der Waals surface area contributed by atoms with Crippen molar-refractivity contribution >= 4 is 5.91 Å². The summed E-state index contributed by atoms with van der Waals surface area (Å²) in [5.41, 5.74) is 2.44. The van der Waals surface area contributed by atoms with Gasteiger partial charge in [0.05, 0.1) is 18.2 Å². The minimum absolute atomic E-state index is 0.124. The fraction of sp³-hybridized carbons (Fsp3) is 0.308. The zero-order chi connectivity index (χ0) is 21.8. The molecule has 4 rings (SSSR count). The van der Waals surface area contributed by atoms with Crippen molar-refractivity contribution in [1.82, 2.24) is 9.88 Å². The maximum absolute atomic E-state index is 13.7. The van der Waals surface area contributed by atoms with E-state index in [0.29, 0.717) is 24.8 Å². The number of hydrogen-bond acceptors (Lipinski definition) is 4. The highest BCUT2D eigenvalue weighted by Gasteiger charge is 2.44.